The van der Waals surface area contributed by atoms with Crippen molar-refractivity contribution < 1.29 is 0 Å². The molecule has 0 N–H and O–H groups in total. The molecule has 0 radical (unpaired) electrons. The zero-order valence-corrected chi connectivity index (χ0v) is 34.1. The van der Waals surface area contributed by atoms with Gasteiger partial charge in [0.2, 0.25) is 0 Å². The summed E-state index contributed by atoms with van der Waals surface area (Å²) in [6.45, 7) is 6.32. The topological polar surface area (TPSA) is 8.17 Å². The summed E-state index contributed by atoms with van der Waals surface area (Å²) >= 11 is 1.87. The van der Waals surface area contributed by atoms with Crippen LogP contribution in [0.15, 0.2) is 170 Å². The van der Waals surface area contributed by atoms with Crippen LogP contribution in [0.4, 0.5) is 17.1 Å². The van der Waals surface area contributed by atoms with Crippen molar-refractivity contribution in [2.45, 2.75) is 38.0 Å². The van der Waals surface area contributed by atoms with Gasteiger partial charge in [-0.2, -0.15) is 0 Å². The lowest BCUT2D eigenvalue weighted by atomic mass is 9.66. The summed E-state index contributed by atoms with van der Waals surface area (Å²) in [6.07, 6.45) is 11.7. The third-order valence-electron chi connectivity index (χ3n) is 14.0. The van der Waals surface area contributed by atoms with Crippen molar-refractivity contribution in [2.75, 3.05) is 4.90 Å². The van der Waals surface area contributed by atoms with Crippen molar-refractivity contribution in [3.63, 3.8) is 0 Å². The molecule has 2 nitrogen and oxygen atoms in total. The van der Waals surface area contributed by atoms with E-state index in [2.05, 4.69) is 193 Å². The second-order valence-electron chi connectivity index (χ2n) is 16.9. The van der Waals surface area contributed by atoms with Crippen LogP contribution >= 0.6 is 11.3 Å². The Balaban J connectivity index is 0.960. The van der Waals surface area contributed by atoms with Gasteiger partial charge in [0.1, 0.15) is 0 Å². The van der Waals surface area contributed by atoms with Crippen LogP contribution in [0.2, 0.25) is 0 Å². The van der Waals surface area contributed by atoms with E-state index in [-0.39, 0.29) is 5.41 Å². The molecule has 3 aliphatic carbocycles. The summed E-state index contributed by atoms with van der Waals surface area (Å²) in [7, 11) is 0. The minimum atomic E-state index is 0.173. The summed E-state index contributed by atoms with van der Waals surface area (Å²) < 4.78 is 4.94. The zero-order valence-electron chi connectivity index (χ0n) is 33.2. The predicted octanol–water partition coefficient (Wildman–Crippen LogP) is 15.9. The van der Waals surface area contributed by atoms with E-state index in [1.54, 1.807) is 11.1 Å². The molecule has 3 unspecified atom stereocenters. The number of para-hydroxylation sites is 1. The number of rotatable bonds is 7. The van der Waals surface area contributed by atoms with Gasteiger partial charge in [0.05, 0.1) is 11.2 Å². The van der Waals surface area contributed by atoms with Crippen molar-refractivity contribution in [3.8, 4) is 27.9 Å². The number of anilines is 3. The molecule has 2 bridgehead atoms. The molecular weight excluding hydrogens is 733 g/mol. The monoisotopic (exact) mass is 776 g/mol. The third-order valence-corrected chi connectivity index (χ3v) is 15.1. The molecule has 59 heavy (non-hydrogen) atoms. The first-order valence-corrected chi connectivity index (χ1v) is 22.0. The fraction of sp³-hybridized carbons (Fsp3) is 0.143. The maximum Gasteiger partial charge on any atom is 0.0541 e. The van der Waals surface area contributed by atoms with E-state index in [9.17, 15) is 0 Å². The number of nitrogens with zero attached hydrogens (tertiary/aromatic N) is 2. The highest BCUT2D eigenvalue weighted by atomic mass is 32.1. The van der Waals surface area contributed by atoms with Crippen molar-refractivity contribution in [1.82, 2.24) is 4.57 Å². The molecule has 7 aromatic carbocycles. The first-order chi connectivity index (χ1) is 29.1. The van der Waals surface area contributed by atoms with E-state index in [0.717, 1.165) is 40.3 Å². The molecule has 2 aromatic heterocycles. The molecular formula is C56H44N2S. The number of allylic oxidation sites excluding steroid dienone is 1. The Morgan fingerprint density at radius 1 is 0.644 bits per heavy atom. The van der Waals surface area contributed by atoms with Gasteiger partial charge in [0, 0.05) is 59.3 Å². The standard InChI is InChI=1S/C56H44N2S/c1-3-11-46-47-13-6-9-16-53(47)58(52(46)4-2)42-27-25-41(26-28-42)57(43-29-31-49-48-14-7-10-17-54(48)59-55(49)34-43)40-23-19-37(20-24-40)38-21-30-45-44-12-5-8-15-50(44)56(51(45)33-38)35-36-18-22-39(56)32-36/h3-17,19-21,23-31,33-34,36,39H,2,18,22,32,35H2,1H3/b11-3-. The zero-order chi connectivity index (χ0) is 39.2. The van der Waals surface area contributed by atoms with Crippen LogP contribution in [0.5, 0.6) is 0 Å². The van der Waals surface area contributed by atoms with Gasteiger partial charge in [-0.3, -0.25) is 0 Å². The highest BCUT2D eigenvalue weighted by Crippen LogP contribution is 2.65. The molecule has 2 fully saturated rings. The summed E-state index contributed by atoms with van der Waals surface area (Å²) in [5.41, 5.74) is 16.8. The summed E-state index contributed by atoms with van der Waals surface area (Å²) in [5.74, 6) is 1.61. The molecule has 3 heteroatoms. The lowest BCUT2D eigenvalue weighted by Gasteiger charge is -2.36. The molecule has 1 spiro atoms. The number of aromatic nitrogens is 1. The Bertz CT molecular complexity index is 3160. The third kappa shape index (κ3) is 5.11. The Labute approximate surface area is 350 Å². The van der Waals surface area contributed by atoms with Gasteiger partial charge in [0.25, 0.3) is 0 Å². The molecule has 0 saturated heterocycles. The van der Waals surface area contributed by atoms with Gasteiger partial charge in [-0.25, -0.2) is 0 Å². The van der Waals surface area contributed by atoms with Crippen molar-refractivity contribution >= 4 is 71.6 Å². The number of thiophene rings is 1. The summed E-state index contributed by atoms with van der Waals surface area (Å²) in [6, 6.07) is 59.3. The smallest absolute Gasteiger partial charge is 0.0541 e. The van der Waals surface area contributed by atoms with Crippen molar-refractivity contribution in [3.05, 3.63) is 193 Å². The minimum Gasteiger partial charge on any atom is -0.310 e. The maximum absolute atomic E-state index is 4.24. The number of hydrogen-bond donors (Lipinski definition) is 0. The van der Waals surface area contributed by atoms with Crippen LogP contribution in [0.25, 0.3) is 71.2 Å². The number of benzene rings is 7. The molecule has 0 amide bonds. The van der Waals surface area contributed by atoms with Gasteiger partial charge in [-0.05, 0) is 144 Å². The lowest BCUT2D eigenvalue weighted by Crippen LogP contribution is -2.31. The summed E-state index contributed by atoms with van der Waals surface area (Å²) in [4.78, 5) is 2.41. The van der Waals surface area contributed by atoms with Gasteiger partial charge >= 0.3 is 0 Å². The fourth-order valence-corrected chi connectivity index (χ4v) is 12.7. The molecule has 3 atom stereocenters. The van der Waals surface area contributed by atoms with Crippen molar-refractivity contribution in [2.24, 2.45) is 11.8 Å². The molecule has 2 saturated carbocycles. The van der Waals surface area contributed by atoms with Crippen LogP contribution in [0.3, 0.4) is 0 Å². The second kappa shape index (κ2) is 13.3. The first-order valence-electron chi connectivity index (χ1n) is 21.2. The Kier molecular flexibility index (Phi) is 7.81. The van der Waals surface area contributed by atoms with Crippen LogP contribution in [-0.4, -0.2) is 4.57 Å². The van der Waals surface area contributed by atoms with Gasteiger partial charge in [-0.1, -0.05) is 116 Å². The molecule has 284 valence electrons. The molecule has 12 rings (SSSR count). The van der Waals surface area contributed by atoms with Crippen LogP contribution in [0, 0.1) is 11.8 Å². The van der Waals surface area contributed by atoms with E-state index >= 15 is 0 Å². The van der Waals surface area contributed by atoms with E-state index in [1.165, 1.54) is 84.6 Å². The first kappa shape index (κ1) is 34.6. The van der Waals surface area contributed by atoms with E-state index in [0.29, 0.717) is 0 Å². The Hall–Kier alpha value is -6.42. The average molecular weight is 777 g/mol. The maximum atomic E-state index is 4.24. The second-order valence-corrected chi connectivity index (χ2v) is 18.0. The molecule has 3 aliphatic rings. The van der Waals surface area contributed by atoms with Crippen LogP contribution in [0.1, 0.15) is 55.0 Å². The lowest BCUT2D eigenvalue weighted by molar-refractivity contribution is 0.327. The van der Waals surface area contributed by atoms with Gasteiger partial charge in [-0.15, -0.1) is 11.3 Å². The normalized spacial score (nSPS) is 19.1. The van der Waals surface area contributed by atoms with Crippen LogP contribution in [-0.2, 0) is 5.41 Å². The van der Waals surface area contributed by atoms with Gasteiger partial charge in [0.15, 0.2) is 0 Å². The predicted molar refractivity (Wildman–Crippen MR) is 253 cm³/mol. The summed E-state index contributed by atoms with van der Waals surface area (Å²) in [5, 5.41) is 3.85. The average Bonchev–Trinajstić information content (AvgIpc) is 4.11. The fourth-order valence-electron chi connectivity index (χ4n) is 11.5. The SMILES string of the molecule is C=Cc1c(/C=C\C)c2ccccc2n1-c1ccc(N(c2ccc(-c3ccc4c(c3)C3(CC5CCC3C5)c3ccccc3-4)cc2)c2ccc3c(c2)sc2ccccc23)cc1. The van der Waals surface area contributed by atoms with E-state index in [1.807, 2.05) is 17.4 Å². The number of fused-ring (bicyclic) bond motifs is 12. The highest BCUT2D eigenvalue weighted by molar-refractivity contribution is 7.25. The van der Waals surface area contributed by atoms with Gasteiger partial charge < -0.3 is 9.47 Å². The van der Waals surface area contributed by atoms with E-state index < -0.39 is 0 Å². The van der Waals surface area contributed by atoms with Crippen molar-refractivity contribution in [1.29, 1.82) is 0 Å². The molecule has 9 aromatic rings. The number of hydrogen-bond acceptors (Lipinski definition) is 2. The minimum absolute atomic E-state index is 0.173. The largest absolute Gasteiger partial charge is 0.310 e. The highest BCUT2D eigenvalue weighted by Gasteiger charge is 2.56. The Morgan fingerprint density at radius 2 is 1.34 bits per heavy atom. The van der Waals surface area contributed by atoms with E-state index in [4.69, 9.17) is 0 Å². The molecule has 0 aliphatic heterocycles. The quantitative estimate of drug-likeness (QED) is 0.156. The molecule has 2 heterocycles. The van der Waals surface area contributed by atoms with Crippen LogP contribution < -0.4 is 4.90 Å². The Morgan fingerprint density at radius 3 is 2.12 bits per heavy atom.